The SMILES string of the molecule is Cc1ccc(CCc2ccc(C(=O)O)c(Nc3ccc(F)cc3)c2)cc1. The van der Waals surface area contributed by atoms with Crippen molar-refractivity contribution in [2.24, 2.45) is 0 Å². The van der Waals surface area contributed by atoms with Crippen molar-refractivity contribution in [3.63, 3.8) is 0 Å². The van der Waals surface area contributed by atoms with E-state index in [1.807, 2.05) is 12.1 Å². The van der Waals surface area contributed by atoms with E-state index in [1.165, 1.54) is 23.3 Å². The highest BCUT2D eigenvalue weighted by atomic mass is 19.1. The summed E-state index contributed by atoms with van der Waals surface area (Å²) >= 11 is 0. The van der Waals surface area contributed by atoms with E-state index in [-0.39, 0.29) is 11.4 Å². The van der Waals surface area contributed by atoms with Crippen molar-refractivity contribution in [2.45, 2.75) is 19.8 Å². The Morgan fingerprint density at radius 2 is 1.54 bits per heavy atom. The molecule has 3 nitrogen and oxygen atoms in total. The monoisotopic (exact) mass is 349 g/mol. The van der Waals surface area contributed by atoms with Gasteiger partial charge in [0.25, 0.3) is 0 Å². The van der Waals surface area contributed by atoms with E-state index in [1.54, 1.807) is 18.2 Å². The van der Waals surface area contributed by atoms with Gasteiger partial charge in [-0.15, -0.1) is 0 Å². The van der Waals surface area contributed by atoms with Gasteiger partial charge in [-0.2, -0.15) is 0 Å². The van der Waals surface area contributed by atoms with Gasteiger partial charge in [0.2, 0.25) is 0 Å². The average Bonchev–Trinajstić information content (AvgIpc) is 2.63. The minimum absolute atomic E-state index is 0.188. The van der Waals surface area contributed by atoms with Gasteiger partial charge < -0.3 is 10.4 Å². The zero-order chi connectivity index (χ0) is 18.5. The molecule has 0 aliphatic rings. The maximum atomic E-state index is 13.1. The third-order valence-corrected chi connectivity index (χ3v) is 4.26. The second-order valence-corrected chi connectivity index (χ2v) is 6.30. The highest BCUT2D eigenvalue weighted by molar-refractivity contribution is 5.95. The van der Waals surface area contributed by atoms with Crippen molar-refractivity contribution in [1.29, 1.82) is 0 Å². The Hall–Kier alpha value is -3.14. The summed E-state index contributed by atoms with van der Waals surface area (Å²) < 4.78 is 13.1. The summed E-state index contributed by atoms with van der Waals surface area (Å²) in [5.41, 5.74) is 4.85. The molecule has 0 amide bonds. The van der Waals surface area contributed by atoms with Gasteiger partial charge in [-0.25, -0.2) is 9.18 Å². The molecule has 0 saturated heterocycles. The van der Waals surface area contributed by atoms with Crippen LogP contribution in [0.3, 0.4) is 0 Å². The Kier molecular flexibility index (Phi) is 5.32. The van der Waals surface area contributed by atoms with Gasteiger partial charge in [0.15, 0.2) is 0 Å². The fraction of sp³-hybridized carbons (Fsp3) is 0.136. The smallest absolute Gasteiger partial charge is 0.337 e. The molecule has 0 spiro atoms. The van der Waals surface area contributed by atoms with E-state index in [0.717, 1.165) is 18.4 Å². The fourth-order valence-corrected chi connectivity index (χ4v) is 2.77. The number of carboxylic acid groups (broad SMARTS) is 1. The van der Waals surface area contributed by atoms with Gasteiger partial charge in [0.05, 0.1) is 11.3 Å². The third-order valence-electron chi connectivity index (χ3n) is 4.26. The second-order valence-electron chi connectivity index (χ2n) is 6.30. The first-order chi connectivity index (χ1) is 12.5. The summed E-state index contributed by atoms with van der Waals surface area (Å²) in [6.45, 7) is 2.06. The maximum Gasteiger partial charge on any atom is 0.337 e. The molecule has 132 valence electrons. The lowest BCUT2D eigenvalue weighted by Crippen LogP contribution is -2.04. The van der Waals surface area contributed by atoms with Crippen LogP contribution in [-0.4, -0.2) is 11.1 Å². The van der Waals surface area contributed by atoms with Crippen LogP contribution in [0, 0.1) is 12.7 Å². The minimum Gasteiger partial charge on any atom is -0.478 e. The van der Waals surface area contributed by atoms with Gasteiger partial charge in [0, 0.05) is 5.69 Å². The zero-order valence-corrected chi connectivity index (χ0v) is 14.5. The first-order valence-corrected chi connectivity index (χ1v) is 8.45. The first-order valence-electron chi connectivity index (χ1n) is 8.45. The number of rotatable bonds is 6. The summed E-state index contributed by atoms with van der Waals surface area (Å²) in [6, 6.07) is 19.5. The Labute approximate surface area is 152 Å². The molecular weight excluding hydrogens is 329 g/mol. The van der Waals surface area contributed by atoms with Crippen LogP contribution in [0.2, 0.25) is 0 Å². The lowest BCUT2D eigenvalue weighted by atomic mass is 10.0. The van der Waals surface area contributed by atoms with Crippen molar-refractivity contribution in [1.82, 2.24) is 0 Å². The summed E-state index contributed by atoms with van der Waals surface area (Å²) in [6.07, 6.45) is 1.68. The molecule has 4 heteroatoms. The number of anilines is 2. The quantitative estimate of drug-likeness (QED) is 0.630. The molecule has 0 unspecified atom stereocenters. The summed E-state index contributed by atoms with van der Waals surface area (Å²) in [5.74, 6) is -1.33. The number of nitrogens with one attached hydrogen (secondary N) is 1. The lowest BCUT2D eigenvalue weighted by Gasteiger charge is -2.12. The van der Waals surface area contributed by atoms with E-state index in [9.17, 15) is 14.3 Å². The van der Waals surface area contributed by atoms with Crippen molar-refractivity contribution >= 4 is 17.3 Å². The Morgan fingerprint density at radius 3 is 2.19 bits per heavy atom. The van der Waals surface area contributed by atoms with Crippen LogP contribution in [0.15, 0.2) is 66.7 Å². The lowest BCUT2D eigenvalue weighted by molar-refractivity contribution is 0.0698. The number of carbonyl (C=O) groups is 1. The largest absolute Gasteiger partial charge is 0.478 e. The third kappa shape index (κ3) is 4.48. The van der Waals surface area contributed by atoms with Gasteiger partial charge in [0.1, 0.15) is 5.82 Å². The molecule has 0 heterocycles. The second kappa shape index (κ2) is 7.83. The van der Waals surface area contributed by atoms with Crippen LogP contribution in [0.5, 0.6) is 0 Å². The van der Waals surface area contributed by atoms with E-state index in [4.69, 9.17) is 0 Å². The minimum atomic E-state index is -1.00. The predicted molar refractivity (Wildman–Crippen MR) is 102 cm³/mol. The average molecular weight is 349 g/mol. The predicted octanol–water partition coefficient (Wildman–Crippen LogP) is 5.36. The fourth-order valence-electron chi connectivity index (χ4n) is 2.77. The standard InChI is InChI=1S/C22H20FNO2/c1-15-2-4-16(5-3-15)6-7-17-8-13-20(22(25)26)21(14-17)24-19-11-9-18(23)10-12-19/h2-5,8-14,24H,6-7H2,1H3,(H,25,26). The van der Waals surface area contributed by atoms with Crippen LogP contribution in [0.25, 0.3) is 0 Å². The van der Waals surface area contributed by atoms with Gasteiger partial charge in [-0.3, -0.25) is 0 Å². The van der Waals surface area contributed by atoms with E-state index in [2.05, 4.69) is 36.5 Å². The number of benzene rings is 3. The maximum absolute atomic E-state index is 13.1. The zero-order valence-electron chi connectivity index (χ0n) is 14.5. The molecular formula is C22H20FNO2. The number of hydrogen-bond acceptors (Lipinski definition) is 2. The summed E-state index contributed by atoms with van der Waals surface area (Å²) in [7, 11) is 0. The van der Waals surface area contributed by atoms with Crippen LogP contribution in [-0.2, 0) is 12.8 Å². The molecule has 0 aromatic heterocycles. The van der Waals surface area contributed by atoms with Gasteiger partial charge in [-0.05, 0) is 67.3 Å². The molecule has 2 N–H and O–H groups in total. The topological polar surface area (TPSA) is 49.3 Å². The molecule has 0 radical (unpaired) electrons. The van der Waals surface area contributed by atoms with E-state index >= 15 is 0 Å². The molecule has 3 aromatic rings. The van der Waals surface area contributed by atoms with Gasteiger partial charge >= 0.3 is 5.97 Å². The Balaban J connectivity index is 1.80. The van der Waals surface area contributed by atoms with Crippen LogP contribution in [0.4, 0.5) is 15.8 Å². The van der Waals surface area contributed by atoms with Crippen LogP contribution in [0.1, 0.15) is 27.0 Å². The number of aromatic carboxylic acids is 1. The van der Waals surface area contributed by atoms with Crippen molar-refractivity contribution in [3.05, 3.63) is 94.8 Å². The summed E-state index contributed by atoms with van der Waals surface area (Å²) in [5, 5.41) is 12.5. The number of aryl methyl sites for hydroxylation is 3. The normalized spacial score (nSPS) is 10.5. The molecule has 3 rings (SSSR count). The highest BCUT2D eigenvalue weighted by Gasteiger charge is 2.11. The molecule has 0 aliphatic carbocycles. The summed E-state index contributed by atoms with van der Waals surface area (Å²) in [4.78, 5) is 11.5. The molecule has 3 aromatic carbocycles. The number of hydrogen-bond donors (Lipinski definition) is 2. The van der Waals surface area contributed by atoms with Crippen molar-refractivity contribution < 1.29 is 14.3 Å². The molecule has 26 heavy (non-hydrogen) atoms. The first kappa shape index (κ1) is 17.7. The molecule has 0 atom stereocenters. The van der Waals surface area contributed by atoms with Crippen molar-refractivity contribution in [3.8, 4) is 0 Å². The van der Waals surface area contributed by atoms with Gasteiger partial charge in [-0.1, -0.05) is 35.9 Å². The number of halogens is 1. The van der Waals surface area contributed by atoms with E-state index < -0.39 is 5.97 Å². The molecule has 0 aliphatic heterocycles. The van der Waals surface area contributed by atoms with E-state index in [0.29, 0.717) is 11.4 Å². The Morgan fingerprint density at radius 1 is 0.923 bits per heavy atom. The molecule has 0 saturated carbocycles. The highest BCUT2D eigenvalue weighted by Crippen LogP contribution is 2.24. The number of carboxylic acids is 1. The van der Waals surface area contributed by atoms with Crippen LogP contribution >= 0.6 is 0 Å². The van der Waals surface area contributed by atoms with Crippen molar-refractivity contribution in [2.75, 3.05) is 5.32 Å². The molecule has 0 bridgehead atoms. The Bertz CT molecular complexity index is 902. The van der Waals surface area contributed by atoms with Crippen LogP contribution < -0.4 is 5.32 Å². The molecule has 0 fully saturated rings.